The number of hydrogen-bond acceptors (Lipinski definition) is 7. The first-order chi connectivity index (χ1) is 13.6. The zero-order valence-electron chi connectivity index (χ0n) is 16.2. The summed E-state index contributed by atoms with van der Waals surface area (Å²) in [5.74, 6) is 2.36. The molecule has 3 rings (SSSR count). The lowest BCUT2D eigenvalue weighted by Crippen LogP contribution is -2.25. The third-order valence-corrected chi connectivity index (χ3v) is 4.24. The lowest BCUT2D eigenvalue weighted by molar-refractivity contribution is 0.0850. The van der Waals surface area contributed by atoms with E-state index < -0.39 is 6.10 Å². The number of benzene rings is 2. The molecular formula is C20H24N4O4. The number of tetrazole rings is 1. The van der Waals surface area contributed by atoms with Crippen molar-refractivity contribution in [2.24, 2.45) is 0 Å². The minimum absolute atomic E-state index is 0.138. The van der Waals surface area contributed by atoms with Crippen LogP contribution in [0.25, 0.3) is 11.4 Å². The van der Waals surface area contributed by atoms with E-state index in [1.54, 1.807) is 26.4 Å². The Bertz CT molecular complexity index is 895. The largest absolute Gasteiger partial charge is 0.493 e. The quantitative estimate of drug-likeness (QED) is 0.605. The lowest BCUT2D eigenvalue weighted by Gasteiger charge is -2.11. The molecule has 1 unspecified atom stereocenters. The molecule has 0 spiro atoms. The molecule has 2 aromatic carbocycles. The van der Waals surface area contributed by atoms with Crippen molar-refractivity contribution in [3.63, 3.8) is 0 Å². The topological polar surface area (TPSA) is 91.5 Å². The summed E-state index contributed by atoms with van der Waals surface area (Å²) in [7, 11) is 3.14. The van der Waals surface area contributed by atoms with E-state index in [-0.39, 0.29) is 13.2 Å². The highest BCUT2D eigenvalue weighted by Gasteiger charge is 2.13. The Balaban J connectivity index is 1.59. The van der Waals surface area contributed by atoms with Crippen LogP contribution >= 0.6 is 0 Å². The van der Waals surface area contributed by atoms with Crippen LogP contribution < -0.4 is 14.2 Å². The second-order valence-electron chi connectivity index (χ2n) is 6.20. The van der Waals surface area contributed by atoms with Crippen molar-refractivity contribution in [3.8, 4) is 28.6 Å². The molecule has 148 valence electrons. The molecule has 0 aliphatic rings. The van der Waals surface area contributed by atoms with Gasteiger partial charge in [-0.25, -0.2) is 0 Å². The third-order valence-electron chi connectivity index (χ3n) is 4.24. The molecule has 1 atom stereocenters. The van der Waals surface area contributed by atoms with Crippen LogP contribution in [0.1, 0.15) is 12.5 Å². The SMILES string of the molecule is CCc1ccc(OCC(O)Cn2nnc(-c3ccc(OC)c(OC)c3)n2)cc1. The van der Waals surface area contributed by atoms with Crippen molar-refractivity contribution in [1.29, 1.82) is 0 Å². The smallest absolute Gasteiger partial charge is 0.205 e. The highest BCUT2D eigenvalue weighted by Crippen LogP contribution is 2.30. The number of rotatable bonds is 9. The number of hydrogen-bond donors (Lipinski definition) is 1. The molecule has 0 fully saturated rings. The average Bonchev–Trinajstić information content (AvgIpc) is 3.20. The molecule has 1 aromatic heterocycles. The minimum atomic E-state index is -0.765. The van der Waals surface area contributed by atoms with Crippen LogP contribution in [0.5, 0.6) is 17.2 Å². The van der Waals surface area contributed by atoms with Crippen molar-refractivity contribution in [1.82, 2.24) is 20.2 Å². The van der Waals surface area contributed by atoms with E-state index in [1.807, 2.05) is 30.3 Å². The van der Waals surface area contributed by atoms with E-state index in [4.69, 9.17) is 14.2 Å². The maximum Gasteiger partial charge on any atom is 0.205 e. The molecule has 3 aromatic rings. The summed E-state index contributed by atoms with van der Waals surface area (Å²) >= 11 is 0. The molecule has 0 amide bonds. The van der Waals surface area contributed by atoms with E-state index in [0.29, 0.717) is 23.1 Å². The van der Waals surface area contributed by atoms with Gasteiger partial charge in [-0.1, -0.05) is 19.1 Å². The number of aryl methyl sites for hydroxylation is 1. The fourth-order valence-corrected chi connectivity index (χ4v) is 2.67. The van der Waals surface area contributed by atoms with Gasteiger partial charge in [-0.05, 0) is 47.5 Å². The van der Waals surface area contributed by atoms with E-state index in [1.165, 1.54) is 10.4 Å². The Kier molecular flexibility index (Phi) is 6.44. The average molecular weight is 384 g/mol. The van der Waals surface area contributed by atoms with Gasteiger partial charge in [-0.2, -0.15) is 4.80 Å². The zero-order valence-corrected chi connectivity index (χ0v) is 16.2. The molecule has 8 heteroatoms. The highest BCUT2D eigenvalue weighted by molar-refractivity contribution is 5.60. The highest BCUT2D eigenvalue weighted by atomic mass is 16.5. The Labute approximate surface area is 163 Å². The van der Waals surface area contributed by atoms with Crippen LogP contribution in [0.4, 0.5) is 0 Å². The van der Waals surface area contributed by atoms with Gasteiger partial charge in [0, 0.05) is 5.56 Å². The van der Waals surface area contributed by atoms with Crippen molar-refractivity contribution in [2.45, 2.75) is 26.0 Å². The van der Waals surface area contributed by atoms with Crippen LogP contribution in [-0.2, 0) is 13.0 Å². The number of nitrogens with zero attached hydrogens (tertiary/aromatic N) is 4. The number of aliphatic hydroxyl groups excluding tert-OH is 1. The normalized spacial score (nSPS) is 11.9. The maximum absolute atomic E-state index is 10.2. The first kappa shape index (κ1) is 19.6. The summed E-state index contributed by atoms with van der Waals surface area (Å²) < 4.78 is 16.1. The summed E-state index contributed by atoms with van der Waals surface area (Å²) in [6.07, 6.45) is 0.210. The number of methoxy groups -OCH3 is 2. The summed E-state index contributed by atoms with van der Waals surface area (Å²) in [5, 5.41) is 22.6. The second-order valence-corrected chi connectivity index (χ2v) is 6.20. The molecule has 0 saturated heterocycles. The summed E-state index contributed by atoms with van der Waals surface area (Å²) in [6.45, 7) is 2.41. The first-order valence-electron chi connectivity index (χ1n) is 9.03. The van der Waals surface area contributed by atoms with Crippen LogP contribution in [-0.4, -0.2) is 52.2 Å². The zero-order chi connectivity index (χ0) is 19.9. The van der Waals surface area contributed by atoms with Gasteiger partial charge >= 0.3 is 0 Å². The molecule has 0 aliphatic heterocycles. The molecule has 28 heavy (non-hydrogen) atoms. The standard InChI is InChI=1S/C20H24N4O4/c1-4-14-5-8-17(9-6-14)28-13-16(25)12-24-22-20(21-23-24)15-7-10-18(26-2)19(11-15)27-3/h5-11,16,25H,4,12-13H2,1-3H3. The van der Waals surface area contributed by atoms with Crippen LogP contribution in [0.3, 0.4) is 0 Å². The van der Waals surface area contributed by atoms with Crippen molar-refractivity contribution < 1.29 is 19.3 Å². The van der Waals surface area contributed by atoms with Gasteiger partial charge in [0.05, 0.1) is 20.8 Å². The Morgan fingerprint density at radius 3 is 2.46 bits per heavy atom. The molecule has 0 radical (unpaired) electrons. The first-order valence-corrected chi connectivity index (χ1v) is 9.03. The van der Waals surface area contributed by atoms with Crippen LogP contribution in [0.2, 0.25) is 0 Å². The second kappa shape index (κ2) is 9.18. The Morgan fingerprint density at radius 1 is 1.04 bits per heavy atom. The minimum Gasteiger partial charge on any atom is -0.493 e. The Morgan fingerprint density at radius 2 is 1.79 bits per heavy atom. The van der Waals surface area contributed by atoms with Crippen molar-refractivity contribution in [2.75, 3.05) is 20.8 Å². The maximum atomic E-state index is 10.2. The molecular weight excluding hydrogens is 360 g/mol. The van der Waals surface area contributed by atoms with Crippen LogP contribution in [0.15, 0.2) is 42.5 Å². The van der Waals surface area contributed by atoms with Gasteiger partial charge in [0.2, 0.25) is 5.82 Å². The number of aromatic nitrogens is 4. The Hall–Kier alpha value is -3.13. The summed E-state index contributed by atoms with van der Waals surface area (Å²) in [4.78, 5) is 1.35. The molecule has 0 aliphatic carbocycles. The third kappa shape index (κ3) is 4.77. The van der Waals surface area contributed by atoms with Gasteiger partial charge in [-0.15, -0.1) is 10.2 Å². The molecule has 8 nitrogen and oxygen atoms in total. The van der Waals surface area contributed by atoms with Gasteiger partial charge in [-0.3, -0.25) is 0 Å². The predicted molar refractivity (Wildman–Crippen MR) is 104 cm³/mol. The molecule has 0 bridgehead atoms. The van der Waals surface area contributed by atoms with Crippen molar-refractivity contribution in [3.05, 3.63) is 48.0 Å². The van der Waals surface area contributed by atoms with Gasteiger partial charge in [0.1, 0.15) is 18.5 Å². The molecule has 1 heterocycles. The van der Waals surface area contributed by atoms with Gasteiger partial charge in [0.25, 0.3) is 0 Å². The monoisotopic (exact) mass is 384 g/mol. The van der Waals surface area contributed by atoms with E-state index >= 15 is 0 Å². The van der Waals surface area contributed by atoms with Gasteiger partial charge in [0.15, 0.2) is 11.5 Å². The van der Waals surface area contributed by atoms with Gasteiger partial charge < -0.3 is 19.3 Å². The van der Waals surface area contributed by atoms with E-state index in [9.17, 15) is 5.11 Å². The molecule has 0 saturated carbocycles. The number of ether oxygens (including phenoxy) is 3. The number of aliphatic hydroxyl groups is 1. The van der Waals surface area contributed by atoms with E-state index in [2.05, 4.69) is 22.3 Å². The fraction of sp³-hybridized carbons (Fsp3) is 0.350. The molecule has 1 N–H and O–H groups in total. The summed E-state index contributed by atoms with van der Waals surface area (Å²) in [5.41, 5.74) is 1.98. The fourth-order valence-electron chi connectivity index (χ4n) is 2.67. The van der Waals surface area contributed by atoms with Crippen molar-refractivity contribution >= 4 is 0 Å². The predicted octanol–water partition coefficient (Wildman–Crippen LogP) is 2.36. The lowest BCUT2D eigenvalue weighted by atomic mass is 10.2. The summed E-state index contributed by atoms with van der Waals surface area (Å²) in [6, 6.07) is 13.2. The van der Waals surface area contributed by atoms with Crippen LogP contribution in [0, 0.1) is 0 Å². The van der Waals surface area contributed by atoms with E-state index in [0.717, 1.165) is 12.0 Å².